The SMILES string of the molecule is CN(/N=C\c1cccc(O)c1)c1nc(N2CCCCC2)nc(N2CCCCC2)n1. The van der Waals surface area contributed by atoms with Crippen molar-refractivity contribution in [2.45, 2.75) is 38.5 Å². The van der Waals surface area contributed by atoms with Crippen LogP contribution in [0.3, 0.4) is 0 Å². The number of hydrazone groups is 1. The Morgan fingerprint density at radius 2 is 1.48 bits per heavy atom. The molecule has 29 heavy (non-hydrogen) atoms. The first-order chi connectivity index (χ1) is 14.2. The van der Waals surface area contributed by atoms with Gasteiger partial charge >= 0.3 is 0 Å². The number of benzene rings is 1. The highest BCUT2D eigenvalue weighted by Crippen LogP contribution is 2.23. The molecule has 1 aromatic carbocycles. The van der Waals surface area contributed by atoms with Gasteiger partial charge in [0.1, 0.15) is 5.75 Å². The highest BCUT2D eigenvalue weighted by Gasteiger charge is 2.21. The molecule has 0 atom stereocenters. The molecule has 0 radical (unpaired) electrons. The molecule has 2 aromatic rings. The molecule has 0 amide bonds. The number of hydrogen-bond acceptors (Lipinski definition) is 8. The van der Waals surface area contributed by atoms with Crippen molar-refractivity contribution < 1.29 is 5.11 Å². The summed E-state index contributed by atoms with van der Waals surface area (Å²) in [6, 6.07) is 7.00. The molecule has 4 rings (SSSR count). The number of rotatable bonds is 5. The van der Waals surface area contributed by atoms with Crippen LogP contribution in [0, 0.1) is 0 Å². The zero-order chi connectivity index (χ0) is 20.1. The summed E-state index contributed by atoms with van der Waals surface area (Å²) in [5.74, 6) is 2.25. The van der Waals surface area contributed by atoms with Gasteiger partial charge in [0.15, 0.2) is 0 Å². The molecule has 0 spiro atoms. The second-order valence-corrected chi connectivity index (χ2v) is 7.69. The van der Waals surface area contributed by atoms with Crippen LogP contribution in [0.1, 0.15) is 44.1 Å². The normalized spacial score (nSPS) is 17.7. The molecular weight excluding hydrogens is 366 g/mol. The molecule has 3 heterocycles. The molecule has 0 unspecified atom stereocenters. The average molecular weight is 396 g/mol. The largest absolute Gasteiger partial charge is 0.508 e. The van der Waals surface area contributed by atoms with Crippen LogP contribution in [0.25, 0.3) is 0 Å². The van der Waals surface area contributed by atoms with Gasteiger partial charge in [-0.2, -0.15) is 20.1 Å². The number of hydrogen-bond donors (Lipinski definition) is 1. The van der Waals surface area contributed by atoms with Crippen LogP contribution in [0.15, 0.2) is 29.4 Å². The van der Waals surface area contributed by atoms with E-state index in [-0.39, 0.29) is 5.75 Å². The smallest absolute Gasteiger partial charge is 0.252 e. The number of phenols is 1. The number of nitrogens with zero attached hydrogens (tertiary/aromatic N) is 7. The van der Waals surface area contributed by atoms with Gasteiger partial charge in [-0.3, -0.25) is 0 Å². The van der Waals surface area contributed by atoms with Crippen LogP contribution >= 0.6 is 0 Å². The highest BCUT2D eigenvalue weighted by atomic mass is 16.3. The minimum absolute atomic E-state index is 0.219. The molecule has 2 aliphatic rings. The molecule has 1 aromatic heterocycles. The standard InChI is InChI=1S/C21H29N7O/c1-26(22-16-17-9-8-10-18(29)15-17)19-23-20(27-11-4-2-5-12-27)25-21(24-19)28-13-6-3-7-14-28/h8-10,15-16,29H,2-7,11-14H2,1H3/b22-16-. The Balaban J connectivity index is 1.61. The van der Waals surface area contributed by atoms with Crippen molar-refractivity contribution in [3.8, 4) is 5.75 Å². The van der Waals surface area contributed by atoms with Gasteiger partial charge in [-0.1, -0.05) is 12.1 Å². The van der Waals surface area contributed by atoms with Gasteiger partial charge in [-0.25, -0.2) is 5.01 Å². The van der Waals surface area contributed by atoms with Crippen molar-refractivity contribution in [2.75, 3.05) is 48.0 Å². The Morgan fingerprint density at radius 3 is 2.03 bits per heavy atom. The van der Waals surface area contributed by atoms with Crippen molar-refractivity contribution in [1.29, 1.82) is 0 Å². The van der Waals surface area contributed by atoms with E-state index in [2.05, 4.69) is 14.9 Å². The second kappa shape index (κ2) is 9.07. The van der Waals surface area contributed by atoms with Gasteiger partial charge in [0.25, 0.3) is 5.95 Å². The van der Waals surface area contributed by atoms with Gasteiger partial charge in [-0.05, 0) is 56.2 Å². The fourth-order valence-corrected chi connectivity index (χ4v) is 3.77. The summed E-state index contributed by atoms with van der Waals surface area (Å²) in [5.41, 5.74) is 0.818. The van der Waals surface area contributed by atoms with E-state index >= 15 is 0 Å². The third kappa shape index (κ3) is 4.93. The summed E-state index contributed by atoms with van der Waals surface area (Å²) in [4.78, 5) is 18.8. The van der Waals surface area contributed by atoms with Gasteiger partial charge in [0, 0.05) is 33.2 Å². The molecule has 2 aliphatic heterocycles. The van der Waals surface area contributed by atoms with E-state index in [1.807, 2.05) is 13.1 Å². The molecule has 154 valence electrons. The quantitative estimate of drug-likeness (QED) is 0.615. The molecular formula is C21H29N7O. The van der Waals surface area contributed by atoms with E-state index < -0.39 is 0 Å². The predicted molar refractivity (Wildman–Crippen MR) is 116 cm³/mol. The minimum Gasteiger partial charge on any atom is -0.508 e. The Hall–Kier alpha value is -2.90. The molecule has 1 N–H and O–H groups in total. The van der Waals surface area contributed by atoms with Gasteiger partial charge < -0.3 is 14.9 Å². The number of piperidine rings is 2. The third-order valence-electron chi connectivity index (χ3n) is 5.42. The number of anilines is 3. The zero-order valence-corrected chi connectivity index (χ0v) is 17.0. The van der Waals surface area contributed by atoms with Crippen LogP contribution in [0.4, 0.5) is 17.8 Å². The number of aromatic hydroxyl groups is 1. The summed E-state index contributed by atoms with van der Waals surface area (Å²) in [6.45, 7) is 3.94. The molecule has 2 saturated heterocycles. The van der Waals surface area contributed by atoms with Gasteiger partial charge in [0.2, 0.25) is 11.9 Å². The maximum absolute atomic E-state index is 9.64. The molecule has 0 saturated carbocycles. The first-order valence-electron chi connectivity index (χ1n) is 10.5. The number of aromatic nitrogens is 3. The lowest BCUT2D eigenvalue weighted by Crippen LogP contribution is -2.35. The number of phenolic OH excluding ortho intramolecular Hbond substituents is 1. The Labute approximate surface area is 171 Å². The van der Waals surface area contributed by atoms with Crippen LogP contribution < -0.4 is 14.8 Å². The van der Waals surface area contributed by atoms with Crippen LogP contribution in [-0.2, 0) is 0 Å². The van der Waals surface area contributed by atoms with E-state index in [1.165, 1.54) is 38.5 Å². The lowest BCUT2D eigenvalue weighted by Gasteiger charge is -2.30. The average Bonchev–Trinajstić information content (AvgIpc) is 2.78. The highest BCUT2D eigenvalue weighted by molar-refractivity contribution is 5.80. The molecule has 0 aliphatic carbocycles. The molecule has 8 heteroatoms. The van der Waals surface area contributed by atoms with Crippen molar-refractivity contribution in [1.82, 2.24) is 15.0 Å². The fourth-order valence-electron chi connectivity index (χ4n) is 3.77. The predicted octanol–water partition coefficient (Wildman–Crippen LogP) is 3.03. The molecule has 0 bridgehead atoms. The Morgan fingerprint density at radius 1 is 0.897 bits per heavy atom. The maximum atomic E-state index is 9.64. The topological polar surface area (TPSA) is 81.0 Å². The minimum atomic E-state index is 0.219. The summed E-state index contributed by atoms with van der Waals surface area (Å²) < 4.78 is 0. The summed E-state index contributed by atoms with van der Waals surface area (Å²) in [7, 11) is 1.84. The van der Waals surface area contributed by atoms with Gasteiger partial charge in [-0.15, -0.1) is 0 Å². The lowest BCUT2D eigenvalue weighted by molar-refractivity contribution is 0.475. The first kappa shape index (κ1) is 19.4. The zero-order valence-electron chi connectivity index (χ0n) is 17.0. The van der Waals surface area contributed by atoms with Crippen LogP contribution in [-0.4, -0.2) is 59.5 Å². The van der Waals surface area contributed by atoms with E-state index in [0.717, 1.165) is 43.6 Å². The molecule has 2 fully saturated rings. The summed E-state index contributed by atoms with van der Waals surface area (Å²) in [5, 5.41) is 15.8. The molecule has 8 nitrogen and oxygen atoms in total. The lowest BCUT2D eigenvalue weighted by atomic mass is 10.1. The monoisotopic (exact) mass is 395 g/mol. The van der Waals surface area contributed by atoms with E-state index in [4.69, 9.17) is 15.0 Å². The third-order valence-corrected chi connectivity index (χ3v) is 5.42. The van der Waals surface area contributed by atoms with Crippen LogP contribution in [0.2, 0.25) is 0 Å². The maximum Gasteiger partial charge on any atom is 0.252 e. The second-order valence-electron chi connectivity index (χ2n) is 7.69. The van der Waals surface area contributed by atoms with Crippen molar-refractivity contribution >= 4 is 24.1 Å². The first-order valence-corrected chi connectivity index (χ1v) is 10.5. The van der Waals surface area contributed by atoms with Crippen molar-refractivity contribution in [3.63, 3.8) is 0 Å². The Bertz CT molecular complexity index is 808. The fraction of sp³-hybridized carbons (Fsp3) is 0.524. The van der Waals surface area contributed by atoms with E-state index in [9.17, 15) is 5.11 Å². The van der Waals surface area contributed by atoms with E-state index in [0.29, 0.717) is 5.95 Å². The summed E-state index contributed by atoms with van der Waals surface area (Å²) >= 11 is 0. The van der Waals surface area contributed by atoms with Crippen LogP contribution in [0.5, 0.6) is 5.75 Å². The van der Waals surface area contributed by atoms with Gasteiger partial charge in [0.05, 0.1) is 6.21 Å². The van der Waals surface area contributed by atoms with Crippen molar-refractivity contribution in [2.24, 2.45) is 5.10 Å². The Kier molecular flexibility index (Phi) is 6.07. The van der Waals surface area contributed by atoms with E-state index in [1.54, 1.807) is 29.4 Å². The summed E-state index contributed by atoms with van der Waals surface area (Å²) in [6.07, 6.45) is 8.92. The van der Waals surface area contributed by atoms with Crippen molar-refractivity contribution in [3.05, 3.63) is 29.8 Å².